The smallest absolute Gasteiger partial charge is 0.358 e. The highest BCUT2D eigenvalue weighted by molar-refractivity contribution is 7.58. The normalized spacial score (nSPS) is 18.5. The van der Waals surface area contributed by atoms with Crippen LogP contribution in [0.4, 0.5) is 0 Å². The summed E-state index contributed by atoms with van der Waals surface area (Å²) in [6.07, 6.45) is 5.65. The van der Waals surface area contributed by atoms with E-state index in [0.29, 0.717) is 18.5 Å². The second kappa shape index (κ2) is 7.20. The Balaban J connectivity index is 2.71. The van der Waals surface area contributed by atoms with Gasteiger partial charge in [0.15, 0.2) is 0 Å². The molecule has 1 rings (SSSR count). The van der Waals surface area contributed by atoms with Gasteiger partial charge in [-0.05, 0) is 40.0 Å². The summed E-state index contributed by atoms with van der Waals surface area (Å²) in [5.74, 6) is 0. The van der Waals surface area contributed by atoms with Crippen molar-refractivity contribution < 1.29 is 13.6 Å². The zero-order valence-electron chi connectivity index (χ0n) is 11.1. The fourth-order valence-electron chi connectivity index (χ4n) is 1.96. The summed E-state index contributed by atoms with van der Waals surface area (Å²) >= 11 is 0. The highest BCUT2D eigenvalue weighted by Gasteiger charge is 2.26. The molecular weight excluding hydrogens is 237 g/mol. The molecule has 0 unspecified atom stereocenters. The van der Waals surface area contributed by atoms with E-state index >= 15 is 0 Å². The second-order valence-corrected chi connectivity index (χ2v) is 6.42. The van der Waals surface area contributed by atoms with Crippen LogP contribution < -0.4 is 0 Å². The largest absolute Gasteiger partial charge is 0.377 e. The first-order chi connectivity index (χ1) is 8.12. The Morgan fingerprint density at radius 3 is 2.18 bits per heavy atom. The summed E-state index contributed by atoms with van der Waals surface area (Å²) in [5, 5.41) is 0.711. The Morgan fingerprint density at radius 2 is 1.71 bits per heavy atom. The molecule has 0 atom stereocenters. The van der Waals surface area contributed by atoms with Crippen molar-refractivity contribution >= 4 is 7.60 Å². The van der Waals surface area contributed by atoms with Crippen LogP contribution in [0.15, 0.2) is 11.5 Å². The molecule has 0 aromatic carbocycles. The van der Waals surface area contributed by atoms with E-state index in [9.17, 15) is 4.57 Å². The van der Waals surface area contributed by atoms with E-state index in [1.807, 2.05) is 27.0 Å². The summed E-state index contributed by atoms with van der Waals surface area (Å²) in [5.41, 5.74) is 0. The van der Waals surface area contributed by atoms with E-state index in [1.165, 1.54) is 19.3 Å². The third-order valence-electron chi connectivity index (χ3n) is 2.79. The van der Waals surface area contributed by atoms with Gasteiger partial charge in [-0.3, -0.25) is 4.57 Å². The SMILES string of the molecule is CCOP(=O)(OCC)C(C)=CN1CCCCC1. The number of nitrogens with zero attached hydrogens (tertiary/aromatic N) is 1. The highest BCUT2D eigenvalue weighted by Crippen LogP contribution is 2.55. The lowest BCUT2D eigenvalue weighted by molar-refractivity contribution is 0.225. The molecule has 0 aliphatic carbocycles. The molecule has 0 saturated carbocycles. The van der Waals surface area contributed by atoms with Gasteiger partial charge in [0, 0.05) is 19.3 Å². The number of hydrogen-bond acceptors (Lipinski definition) is 4. The molecule has 4 nitrogen and oxygen atoms in total. The molecule has 0 bridgehead atoms. The van der Waals surface area contributed by atoms with Gasteiger partial charge in [-0.25, -0.2) is 0 Å². The van der Waals surface area contributed by atoms with Gasteiger partial charge in [0.25, 0.3) is 0 Å². The lowest BCUT2D eigenvalue weighted by atomic mass is 10.1. The summed E-state index contributed by atoms with van der Waals surface area (Å²) in [6.45, 7) is 8.39. The molecule has 1 heterocycles. The van der Waals surface area contributed by atoms with Crippen molar-refractivity contribution in [3.8, 4) is 0 Å². The van der Waals surface area contributed by atoms with Crippen molar-refractivity contribution in [3.05, 3.63) is 11.5 Å². The van der Waals surface area contributed by atoms with E-state index in [2.05, 4.69) is 4.90 Å². The van der Waals surface area contributed by atoms with E-state index < -0.39 is 7.60 Å². The average Bonchev–Trinajstić information content (AvgIpc) is 2.31. The fourth-order valence-corrected chi connectivity index (χ4v) is 3.43. The molecule has 1 fully saturated rings. The van der Waals surface area contributed by atoms with Crippen LogP contribution in [0.25, 0.3) is 0 Å². The van der Waals surface area contributed by atoms with Gasteiger partial charge in [-0.15, -0.1) is 0 Å². The number of rotatable bonds is 6. The lowest BCUT2D eigenvalue weighted by Crippen LogP contribution is -2.24. The number of allylic oxidation sites excluding steroid dienone is 1. The van der Waals surface area contributed by atoms with Crippen LogP contribution in [-0.4, -0.2) is 31.2 Å². The first-order valence-corrected chi connectivity index (χ1v) is 7.98. The molecule has 0 spiro atoms. The Bertz CT molecular complexity index is 288. The van der Waals surface area contributed by atoms with Gasteiger partial charge in [0.2, 0.25) is 0 Å². The maximum atomic E-state index is 12.4. The third kappa shape index (κ3) is 4.46. The maximum absolute atomic E-state index is 12.4. The molecule has 0 radical (unpaired) electrons. The van der Waals surface area contributed by atoms with Crippen LogP contribution in [0, 0.1) is 0 Å². The topological polar surface area (TPSA) is 38.8 Å². The van der Waals surface area contributed by atoms with Gasteiger partial charge in [-0.2, -0.15) is 0 Å². The predicted molar refractivity (Wildman–Crippen MR) is 70.0 cm³/mol. The molecule has 0 amide bonds. The van der Waals surface area contributed by atoms with Crippen molar-refractivity contribution in [2.24, 2.45) is 0 Å². The van der Waals surface area contributed by atoms with Crippen molar-refractivity contribution in [1.29, 1.82) is 0 Å². The Labute approximate surface area is 105 Å². The van der Waals surface area contributed by atoms with Crippen molar-refractivity contribution in [3.63, 3.8) is 0 Å². The molecular formula is C12H24NO3P. The quantitative estimate of drug-likeness (QED) is 0.685. The minimum Gasteiger partial charge on any atom is -0.377 e. The number of likely N-dealkylation sites (tertiary alicyclic amines) is 1. The zero-order valence-corrected chi connectivity index (χ0v) is 12.0. The first-order valence-electron chi connectivity index (χ1n) is 6.44. The molecule has 1 aliphatic rings. The van der Waals surface area contributed by atoms with Crippen molar-refractivity contribution in [2.45, 2.75) is 40.0 Å². The van der Waals surface area contributed by atoms with Crippen LogP contribution in [-0.2, 0) is 13.6 Å². The van der Waals surface area contributed by atoms with Crippen LogP contribution in [0.1, 0.15) is 40.0 Å². The van der Waals surface area contributed by atoms with Gasteiger partial charge in [-0.1, -0.05) is 0 Å². The zero-order chi connectivity index (χ0) is 12.7. The van der Waals surface area contributed by atoms with Gasteiger partial charge in [0.1, 0.15) is 0 Å². The standard InChI is InChI=1S/C12H24NO3P/c1-4-15-17(14,16-5-2)12(3)11-13-9-7-6-8-10-13/h11H,4-10H2,1-3H3. The van der Waals surface area contributed by atoms with Gasteiger partial charge < -0.3 is 13.9 Å². The molecule has 17 heavy (non-hydrogen) atoms. The third-order valence-corrected chi connectivity index (χ3v) is 4.97. The summed E-state index contributed by atoms with van der Waals surface area (Å²) in [7, 11) is -3.06. The van der Waals surface area contributed by atoms with E-state index in [1.54, 1.807) is 0 Å². The Kier molecular flexibility index (Phi) is 6.24. The highest BCUT2D eigenvalue weighted by atomic mass is 31.2. The molecule has 1 saturated heterocycles. The van der Waals surface area contributed by atoms with Crippen LogP contribution in [0.2, 0.25) is 0 Å². The Hall–Kier alpha value is -0.310. The van der Waals surface area contributed by atoms with Crippen molar-refractivity contribution in [2.75, 3.05) is 26.3 Å². The predicted octanol–water partition coefficient (Wildman–Crippen LogP) is 3.60. The van der Waals surface area contributed by atoms with E-state index in [-0.39, 0.29) is 0 Å². The first kappa shape index (κ1) is 14.7. The van der Waals surface area contributed by atoms with Crippen molar-refractivity contribution in [1.82, 2.24) is 4.90 Å². The molecule has 1 aliphatic heterocycles. The molecule has 100 valence electrons. The lowest BCUT2D eigenvalue weighted by Gasteiger charge is -2.27. The molecule has 0 aromatic heterocycles. The number of piperidine rings is 1. The maximum Gasteiger partial charge on any atom is 0.358 e. The van der Waals surface area contributed by atoms with Crippen LogP contribution in [0.5, 0.6) is 0 Å². The van der Waals surface area contributed by atoms with Crippen LogP contribution >= 0.6 is 7.60 Å². The second-order valence-electron chi connectivity index (χ2n) is 4.20. The Morgan fingerprint density at radius 1 is 1.18 bits per heavy atom. The van der Waals surface area contributed by atoms with Gasteiger partial charge in [0.05, 0.1) is 18.5 Å². The average molecular weight is 261 g/mol. The summed E-state index contributed by atoms with van der Waals surface area (Å²) in [4.78, 5) is 2.21. The summed E-state index contributed by atoms with van der Waals surface area (Å²) in [6, 6.07) is 0. The molecule has 0 N–H and O–H groups in total. The minimum atomic E-state index is -3.06. The van der Waals surface area contributed by atoms with E-state index in [0.717, 1.165) is 13.1 Å². The number of hydrogen-bond donors (Lipinski definition) is 0. The summed E-state index contributed by atoms with van der Waals surface area (Å²) < 4.78 is 23.1. The molecule has 5 heteroatoms. The monoisotopic (exact) mass is 261 g/mol. The van der Waals surface area contributed by atoms with E-state index in [4.69, 9.17) is 9.05 Å². The van der Waals surface area contributed by atoms with Crippen LogP contribution in [0.3, 0.4) is 0 Å². The fraction of sp³-hybridized carbons (Fsp3) is 0.833. The van der Waals surface area contributed by atoms with Gasteiger partial charge >= 0.3 is 7.60 Å². The minimum absolute atomic E-state index is 0.405. The molecule has 0 aromatic rings.